The monoisotopic (exact) mass is 292 g/mol. The van der Waals surface area contributed by atoms with Crippen LogP contribution in [-0.4, -0.2) is 11.4 Å². The van der Waals surface area contributed by atoms with Crippen molar-refractivity contribution in [3.8, 4) is 28.0 Å². The van der Waals surface area contributed by atoms with E-state index in [1.165, 1.54) is 18.2 Å². The van der Waals surface area contributed by atoms with Gasteiger partial charge in [-0.15, -0.1) is 0 Å². The summed E-state index contributed by atoms with van der Waals surface area (Å²) in [4.78, 5) is 10.9. The summed E-state index contributed by atoms with van der Waals surface area (Å²) in [6.07, 6.45) is 0.631. The Morgan fingerprint density at radius 3 is 1.73 bits per heavy atom. The molecular formula is C19H13FO2. The van der Waals surface area contributed by atoms with E-state index < -0.39 is 0 Å². The Morgan fingerprint density at radius 1 is 0.727 bits per heavy atom. The lowest BCUT2D eigenvalue weighted by atomic mass is 9.99. The number of carbonyl (C=O) groups is 1. The number of phenols is 1. The number of carbonyl (C=O) groups excluding carboxylic acids is 1. The fourth-order valence-electron chi connectivity index (χ4n) is 2.33. The van der Waals surface area contributed by atoms with Gasteiger partial charge in [0, 0.05) is 0 Å². The highest BCUT2D eigenvalue weighted by Crippen LogP contribution is 2.27. The normalized spacial score (nSPS) is 10.4. The molecule has 1 N–H and O–H groups in total. The number of aromatic hydroxyl groups is 1. The second-order valence-corrected chi connectivity index (χ2v) is 4.98. The third-order valence-electron chi connectivity index (χ3n) is 3.55. The molecule has 0 heterocycles. The van der Waals surface area contributed by atoms with E-state index in [4.69, 9.17) is 0 Å². The van der Waals surface area contributed by atoms with Crippen LogP contribution < -0.4 is 0 Å². The van der Waals surface area contributed by atoms with Crippen molar-refractivity contribution in [3.05, 3.63) is 78.1 Å². The zero-order chi connectivity index (χ0) is 15.5. The van der Waals surface area contributed by atoms with Crippen molar-refractivity contribution in [1.29, 1.82) is 0 Å². The Bertz CT molecular complexity index is 806. The molecule has 3 aromatic carbocycles. The van der Waals surface area contributed by atoms with Crippen molar-refractivity contribution < 1.29 is 14.3 Å². The van der Waals surface area contributed by atoms with Crippen molar-refractivity contribution in [2.45, 2.75) is 0 Å². The number of benzene rings is 3. The Morgan fingerprint density at radius 2 is 1.18 bits per heavy atom. The molecule has 0 aliphatic rings. The molecule has 0 aliphatic heterocycles. The van der Waals surface area contributed by atoms with Gasteiger partial charge in [0.25, 0.3) is 0 Å². The third kappa shape index (κ3) is 2.74. The van der Waals surface area contributed by atoms with Crippen molar-refractivity contribution >= 4 is 6.29 Å². The first kappa shape index (κ1) is 14.0. The molecule has 2 nitrogen and oxygen atoms in total. The van der Waals surface area contributed by atoms with Gasteiger partial charge in [0.05, 0.1) is 5.56 Å². The minimum Gasteiger partial charge on any atom is -0.507 e. The summed E-state index contributed by atoms with van der Waals surface area (Å²) in [7, 11) is 0. The number of aldehydes is 1. The van der Waals surface area contributed by atoms with Gasteiger partial charge < -0.3 is 5.11 Å². The van der Waals surface area contributed by atoms with E-state index in [1.807, 2.05) is 24.3 Å². The van der Waals surface area contributed by atoms with Gasteiger partial charge >= 0.3 is 0 Å². The number of rotatable bonds is 3. The Kier molecular flexibility index (Phi) is 3.71. The molecule has 0 bridgehead atoms. The summed E-state index contributed by atoms with van der Waals surface area (Å²) in [6, 6.07) is 19.0. The molecule has 0 saturated carbocycles. The summed E-state index contributed by atoms with van der Waals surface area (Å²) < 4.78 is 12.9. The van der Waals surface area contributed by atoms with Crippen molar-refractivity contribution in [2.24, 2.45) is 0 Å². The van der Waals surface area contributed by atoms with E-state index in [2.05, 4.69) is 0 Å². The first-order valence-corrected chi connectivity index (χ1v) is 6.82. The van der Waals surface area contributed by atoms with Gasteiger partial charge in [-0.1, -0.05) is 42.5 Å². The quantitative estimate of drug-likeness (QED) is 0.712. The zero-order valence-corrected chi connectivity index (χ0v) is 11.7. The fourth-order valence-corrected chi connectivity index (χ4v) is 2.33. The van der Waals surface area contributed by atoms with Gasteiger partial charge in [0.2, 0.25) is 0 Å². The van der Waals surface area contributed by atoms with Gasteiger partial charge in [0.1, 0.15) is 11.6 Å². The van der Waals surface area contributed by atoms with Crippen LogP contribution in [0.1, 0.15) is 10.4 Å². The highest BCUT2D eigenvalue weighted by molar-refractivity contribution is 5.83. The predicted octanol–water partition coefficient (Wildman–Crippen LogP) is 4.68. The first-order valence-electron chi connectivity index (χ1n) is 6.82. The predicted molar refractivity (Wildman–Crippen MR) is 84.3 cm³/mol. The maximum atomic E-state index is 12.9. The van der Waals surface area contributed by atoms with Gasteiger partial charge in [-0.25, -0.2) is 4.39 Å². The van der Waals surface area contributed by atoms with E-state index in [-0.39, 0.29) is 17.1 Å². The maximum absolute atomic E-state index is 12.9. The molecule has 3 aromatic rings. The van der Waals surface area contributed by atoms with Crippen LogP contribution in [0, 0.1) is 5.82 Å². The summed E-state index contributed by atoms with van der Waals surface area (Å²) in [5, 5.41) is 9.54. The van der Waals surface area contributed by atoms with E-state index in [9.17, 15) is 14.3 Å². The van der Waals surface area contributed by atoms with Crippen molar-refractivity contribution in [2.75, 3.05) is 0 Å². The molecular weight excluding hydrogens is 279 g/mol. The molecule has 3 rings (SSSR count). The summed E-state index contributed by atoms with van der Waals surface area (Å²) in [5.74, 6) is -0.285. The largest absolute Gasteiger partial charge is 0.507 e. The number of hydrogen-bond acceptors (Lipinski definition) is 2. The van der Waals surface area contributed by atoms with E-state index >= 15 is 0 Å². The molecule has 0 amide bonds. The summed E-state index contributed by atoms with van der Waals surface area (Å²) in [6.45, 7) is 0. The van der Waals surface area contributed by atoms with E-state index in [0.29, 0.717) is 6.29 Å². The second kappa shape index (κ2) is 5.82. The fraction of sp³-hybridized carbons (Fsp3) is 0. The van der Waals surface area contributed by atoms with Gasteiger partial charge in [-0.05, 0) is 46.5 Å². The summed E-state index contributed by atoms with van der Waals surface area (Å²) in [5.41, 5.74) is 3.98. The van der Waals surface area contributed by atoms with E-state index in [1.54, 1.807) is 24.3 Å². The minimum absolute atomic E-state index is 0.0262. The Balaban J connectivity index is 1.94. The maximum Gasteiger partial charge on any atom is 0.153 e. The SMILES string of the molecule is O=Cc1cc(-c2ccc(-c3ccc(F)cc3)cc2)ccc1O. The lowest BCUT2D eigenvalue weighted by Crippen LogP contribution is -1.85. The zero-order valence-electron chi connectivity index (χ0n) is 11.7. The Hall–Kier alpha value is -2.94. The second-order valence-electron chi connectivity index (χ2n) is 4.98. The molecule has 0 spiro atoms. The average Bonchev–Trinajstić information content (AvgIpc) is 2.56. The van der Waals surface area contributed by atoms with E-state index in [0.717, 1.165) is 22.3 Å². The van der Waals surface area contributed by atoms with Crippen LogP contribution >= 0.6 is 0 Å². The molecule has 108 valence electrons. The number of phenolic OH excluding ortho intramolecular Hbond substituents is 1. The highest BCUT2D eigenvalue weighted by Gasteiger charge is 2.04. The standard InChI is InChI=1S/C19H13FO2/c20-18-8-5-14(6-9-18)13-1-3-15(4-2-13)16-7-10-19(22)17(11-16)12-21/h1-12,22H. The lowest BCUT2D eigenvalue weighted by molar-refractivity contribution is 0.112. The van der Waals surface area contributed by atoms with Gasteiger partial charge in [-0.3, -0.25) is 4.79 Å². The number of hydrogen-bond donors (Lipinski definition) is 1. The molecule has 0 aliphatic carbocycles. The molecule has 3 heteroatoms. The molecule has 22 heavy (non-hydrogen) atoms. The van der Waals surface area contributed by atoms with Crippen LogP contribution in [0.2, 0.25) is 0 Å². The first-order chi connectivity index (χ1) is 10.7. The average molecular weight is 292 g/mol. The Labute approximate surface area is 127 Å². The van der Waals surface area contributed by atoms with Crippen LogP contribution in [0.25, 0.3) is 22.3 Å². The summed E-state index contributed by atoms with van der Waals surface area (Å²) >= 11 is 0. The molecule has 0 atom stereocenters. The molecule has 0 saturated heterocycles. The van der Waals surface area contributed by atoms with Crippen LogP contribution in [-0.2, 0) is 0 Å². The van der Waals surface area contributed by atoms with Crippen LogP contribution in [0.5, 0.6) is 5.75 Å². The van der Waals surface area contributed by atoms with Crippen molar-refractivity contribution in [3.63, 3.8) is 0 Å². The number of halogens is 1. The van der Waals surface area contributed by atoms with Gasteiger partial charge in [-0.2, -0.15) is 0 Å². The van der Waals surface area contributed by atoms with Crippen molar-refractivity contribution in [1.82, 2.24) is 0 Å². The van der Waals surface area contributed by atoms with Crippen LogP contribution in [0.4, 0.5) is 4.39 Å². The minimum atomic E-state index is -0.258. The van der Waals surface area contributed by atoms with Crippen LogP contribution in [0.15, 0.2) is 66.7 Å². The lowest BCUT2D eigenvalue weighted by Gasteiger charge is -2.06. The smallest absolute Gasteiger partial charge is 0.153 e. The third-order valence-corrected chi connectivity index (χ3v) is 3.55. The highest BCUT2D eigenvalue weighted by atomic mass is 19.1. The molecule has 0 aromatic heterocycles. The van der Waals surface area contributed by atoms with Crippen LogP contribution in [0.3, 0.4) is 0 Å². The molecule has 0 fully saturated rings. The topological polar surface area (TPSA) is 37.3 Å². The molecule has 0 unspecified atom stereocenters. The van der Waals surface area contributed by atoms with Gasteiger partial charge in [0.15, 0.2) is 6.29 Å². The molecule has 0 radical (unpaired) electrons.